The number of halogens is 3. The fourth-order valence-corrected chi connectivity index (χ4v) is 1.19. The lowest BCUT2D eigenvalue weighted by Crippen LogP contribution is -2.20. The van der Waals surface area contributed by atoms with Gasteiger partial charge in [-0.05, 0) is 25.5 Å². The fourth-order valence-electron chi connectivity index (χ4n) is 1.19. The minimum atomic E-state index is -4.34. The van der Waals surface area contributed by atoms with E-state index in [-0.39, 0.29) is 5.88 Å². The molecule has 0 radical (unpaired) electrons. The normalized spacial score (nSPS) is 11.5. The zero-order valence-corrected chi connectivity index (χ0v) is 8.63. The topological polar surface area (TPSA) is 48.1 Å². The Bertz CT molecular complexity index is 328. The van der Waals surface area contributed by atoms with Crippen LogP contribution in [0.5, 0.6) is 5.88 Å². The number of hydrogen-bond donors (Lipinski definition) is 1. The minimum Gasteiger partial charge on any atom is -0.468 e. The molecule has 1 rings (SSSR count). The number of nitrogens with zero attached hydrogens (tertiary/aromatic N) is 1. The molecule has 0 atom stereocenters. The molecular formula is C10H13F3N2O. The van der Waals surface area contributed by atoms with Gasteiger partial charge in [-0.1, -0.05) is 6.07 Å². The first kappa shape index (κ1) is 12.8. The average Bonchev–Trinajstić information content (AvgIpc) is 2.23. The highest BCUT2D eigenvalue weighted by Crippen LogP contribution is 2.20. The zero-order chi connectivity index (χ0) is 12.0. The summed E-state index contributed by atoms with van der Waals surface area (Å²) in [5.41, 5.74) is 5.98. The molecule has 2 N–H and O–H groups in total. The molecule has 90 valence electrons. The highest BCUT2D eigenvalue weighted by Gasteiger charge is 2.29. The molecule has 0 aliphatic heterocycles. The predicted molar refractivity (Wildman–Crippen MR) is 53.2 cm³/mol. The monoisotopic (exact) mass is 234 g/mol. The third-order valence-electron chi connectivity index (χ3n) is 1.87. The molecule has 16 heavy (non-hydrogen) atoms. The summed E-state index contributed by atoms with van der Waals surface area (Å²) >= 11 is 0. The summed E-state index contributed by atoms with van der Waals surface area (Å²) in [5, 5.41) is 0. The van der Waals surface area contributed by atoms with E-state index in [2.05, 4.69) is 9.72 Å². The van der Waals surface area contributed by atoms with Gasteiger partial charge in [0.05, 0.1) is 0 Å². The van der Waals surface area contributed by atoms with Crippen molar-refractivity contribution < 1.29 is 17.9 Å². The van der Waals surface area contributed by atoms with Crippen LogP contribution >= 0.6 is 0 Å². The lowest BCUT2D eigenvalue weighted by Gasteiger charge is -2.11. The molecular weight excluding hydrogens is 221 g/mol. The molecule has 3 nitrogen and oxygen atoms in total. The van der Waals surface area contributed by atoms with Gasteiger partial charge in [-0.15, -0.1) is 0 Å². The van der Waals surface area contributed by atoms with Crippen LogP contribution in [0.25, 0.3) is 0 Å². The van der Waals surface area contributed by atoms with E-state index in [0.717, 1.165) is 0 Å². The third-order valence-corrected chi connectivity index (χ3v) is 1.87. The van der Waals surface area contributed by atoms with Crippen molar-refractivity contribution in [2.75, 3.05) is 13.2 Å². The highest BCUT2D eigenvalue weighted by molar-refractivity contribution is 5.25. The maximum Gasteiger partial charge on any atom is 0.422 e. The van der Waals surface area contributed by atoms with Crippen molar-refractivity contribution in [3.63, 3.8) is 0 Å². The van der Waals surface area contributed by atoms with E-state index in [0.29, 0.717) is 24.9 Å². The maximum atomic E-state index is 12.0. The van der Waals surface area contributed by atoms with Crippen LogP contribution in [-0.4, -0.2) is 24.3 Å². The molecule has 1 aromatic rings. The number of rotatable bonds is 5. The molecule has 6 heteroatoms. The van der Waals surface area contributed by atoms with Gasteiger partial charge in [-0.25, -0.2) is 4.98 Å². The van der Waals surface area contributed by atoms with Gasteiger partial charge < -0.3 is 10.5 Å². The van der Waals surface area contributed by atoms with Crippen LogP contribution in [0.3, 0.4) is 0 Å². The lowest BCUT2D eigenvalue weighted by atomic mass is 10.1. The number of nitrogens with two attached hydrogens (primary N) is 1. The Kier molecular flexibility index (Phi) is 4.54. The zero-order valence-electron chi connectivity index (χ0n) is 8.63. The number of aryl methyl sites for hydroxylation is 1. The molecule has 0 amide bonds. The van der Waals surface area contributed by atoms with Crippen LogP contribution in [0.4, 0.5) is 13.2 Å². The number of aromatic nitrogens is 1. The molecule has 1 aromatic heterocycles. The largest absolute Gasteiger partial charge is 0.468 e. The number of ether oxygens (including phenoxy) is 1. The SMILES string of the molecule is NCCCc1cccnc1OCC(F)(F)F. The highest BCUT2D eigenvalue weighted by atomic mass is 19.4. The van der Waals surface area contributed by atoms with Crippen LogP contribution < -0.4 is 10.5 Å². The molecule has 0 fully saturated rings. The molecule has 0 aromatic carbocycles. The second-order valence-electron chi connectivity index (χ2n) is 3.26. The van der Waals surface area contributed by atoms with Gasteiger partial charge in [0.25, 0.3) is 0 Å². The Morgan fingerprint density at radius 1 is 1.38 bits per heavy atom. The second kappa shape index (κ2) is 5.69. The van der Waals surface area contributed by atoms with E-state index in [1.807, 2.05) is 0 Å². The predicted octanol–water partition coefficient (Wildman–Crippen LogP) is 1.91. The molecule has 0 aliphatic carbocycles. The second-order valence-corrected chi connectivity index (χ2v) is 3.26. The first-order valence-corrected chi connectivity index (χ1v) is 4.86. The summed E-state index contributed by atoms with van der Waals surface area (Å²) in [6, 6.07) is 3.35. The van der Waals surface area contributed by atoms with Crippen LogP contribution in [0.2, 0.25) is 0 Å². The maximum absolute atomic E-state index is 12.0. The first-order valence-electron chi connectivity index (χ1n) is 4.86. The first-order chi connectivity index (χ1) is 7.53. The van der Waals surface area contributed by atoms with Crippen LogP contribution in [0.1, 0.15) is 12.0 Å². The van der Waals surface area contributed by atoms with Crippen molar-refractivity contribution in [2.24, 2.45) is 5.73 Å². The Morgan fingerprint density at radius 3 is 2.75 bits per heavy atom. The molecule has 0 bridgehead atoms. The summed E-state index contributed by atoms with van der Waals surface area (Å²) in [5.74, 6) is 0.0354. The van der Waals surface area contributed by atoms with Gasteiger partial charge in [-0.3, -0.25) is 0 Å². The van der Waals surface area contributed by atoms with E-state index >= 15 is 0 Å². The lowest BCUT2D eigenvalue weighted by molar-refractivity contribution is -0.154. The van der Waals surface area contributed by atoms with Gasteiger partial charge in [0.1, 0.15) is 0 Å². The van der Waals surface area contributed by atoms with Crippen molar-refractivity contribution in [1.29, 1.82) is 0 Å². The molecule has 0 saturated heterocycles. The van der Waals surface area contributed by atoms with Crippen molar-refractivity contribution in [2.45, 2.75) is 19.0 Å². The van der Waals surface area contributed by atoms with Gasteiger partial charge in [-0.2, -0.15) is 13.2 Å². The van der Waals surface area contributed by atoms with Crippen molar-refractivity contribution in [3.05, 3.63) is 23.9 Å². The van der Waals surface area contributed by atoms with E-state index in [9.17, 15) is 13.2 Å². The van der Waals surface area contributed by atoms with Crippen molar-refractivity contribution in [1.82, 2.24) is 4.98 Å². The van der Waals surface area contributed by atoms with Crippen molar-refractivity contribution >= 4 is 0 Å². The summed E-state index contributed by atoms with van der Waals surface area (Å²) in [7, 11) is 0. The fraction of sp³-hybridized carbons (Fsp3) is 0.500. The smallest absolute Gasteiger partial charge is 0.422 e. The van der Waals surface area contributed by atoms with Crippen LogP contribution in [0, 0.1) is 0 Å². The Balaban J connectivity index is 2.63. The number of pyridine rings is 1. The van der Waals surface area contributed by atoms with E-state index in [1.54, 1.807) is 12.1 Å². The summed E-state index contributed by atoms with van der Waals surface area (Å²) in [4.78, 5) is 3.77. The van der Waals surface area contributed by atoms with Gasteiger partial charge in [0, 0.05) is 11.8 Å². The molecule has 0 saturated carbocycles. The van der Waals surface area contributed by atoms with Gasteiger partial charge in [0.15, 0.2) is 6.61 Å². The molecule has 0 spiro atoms. The van der Waals surface area contributed by atoms with Crippen molar-refractivity contribution in [3.8, 4) is 5.88 Å². The van der Waals surface area contributed by atoms with Gasteiger partial charge in [0.2, 0.25) is 5.88 Å². The standard InChI is InChI=1S/C10H13F3N2O/c11-10(12,13)7-16-9-8(3-1-5-14)4-2-6-15-9/h2,4,6H,1,3,5,7,14H2. The quantitative estimate of drug-likeness (QED) is 0.846. The van der Waals surface area contributed by atoms with E-state index < -0.39 is 12.8 Å². The van der Waals surface area contributed by atoms with Crippen LogP contribution in [0.15, 0.2) is 18.3 Å². The summed E-state index contributed by atoms with van der Waals surface area (Å²) < 4.78 is 40.5. The molecule has 0 unspecified atom stereocenters. The molecule has 1 heterocycles. The number of alkyl halides is 3. The Labute approximate surface area is 91.4 Å². The average molecular weight is 234 g/mol. The van der Waals surface area contributed by atoms with E-state index in [4.69, 9.17) is 5.73 Å². The van der Waals surface area contributed by atoms with Crippen LogP contribution in [-0.2, 0) is 6.42 Å². The summed E-state index contributed by atoms with van der Waals surface area (Å²) in [6.45, 7) is -0.840. The van der Waals surface area contributed by atoms with E-state index in [1.165, 1.54) is 6.20 Å². The van der Waals surface area contributed by atoms with Gasteiger partial charge >= 0.3 is 6.18 Å². The molecule has 0 aliphatic rings. The minimum absolute atomic E-state index is 0.0354. The number of hydrogen-bond acceptors (Lipinski definition) is 3. The Hall–Kier alpha value is -1.30. The summed E-state index contributed by atoms with van der Waals surface area (Å²) in [6.07, 6.45) is -1.69. The Morgan fingerprint density at radius 2 is 2.12 bits per heavy atom. The third kappa shape index (κ3) is 4.48.